The van der Waals surface area contributed by atoms with Crippen LogP contribution in [0.25, 0.3) is 22.6 Å². The van der Waals surface area contributed by atoms with E-state index in [1.54, 1.807) is 10.9 Å². The first-order chi connectivity index (χ1) is 18.1. The molecule has 0 radical (unpaired) electrons. The second-order valence-electron chi connectivity index (χ2n) is 9.58. The van der Waals surface area contributed by atoms with Crippen molar-refractivity contribution in [1.82, 2.24) is 34.5 Å². The molecule has 0 unspecified atom stereocenters. The fourth-order valence-electron chi connectivity index (χ4n) is 4.33. The number of anilines is 1. The summed E-state index contributed by atoms with van der Waals surface area (Å²) in [5, 5.41) is 8.19. The molecule has 1 aliphatic carbocycles. The molecule has 1 saturated carbocycles. The number of hydrogen-bond donors (Lipinski definition) is 2. The summed E-state index contributed by atoms with van der Waals surface area (Å²) in [5.41, 5.74) is 4.36. The zero-order valence-corrected chi connectivity index (χ0v) is 22.4. The predicted molar refractivity (Wildman–Crippen MR) is 142 cm³/mol. The largest absolute Gasteiger partial charge is 0.360 e. The number of aryl methyl sites for hydroxylation is 2. The van der Waals surface area contributed by atoms with E-state index in [2.05, 4.69) is 25.3 Å². The quantitative estimate of drug-likeness (QED) is 0.342. The lowest BCUT2D eigenvalue weighted by molar-refractivity contribution is 0.526. The first kappa shape index (κ1) is 25.8. The molecule has 5 rings (SSSR count). The Hall–Kier alpha value is -3.84. The molecule has 4 aromatic heterocycles. The highest BCUT2D eigenvalue weighted by Crippen LogP contribution is 2.43. The van der Waals surface area contributed by atoms with Crippen LogP contribution in [0.3, 0.4) is 0 Å². The van der Waals surface area contributed by atoms with Crippen molar-refractivity contribution in [2.75, 3.05) is 5.32 Å². The Morgan fingerprint density at radius 2 is 1.87 bits per heavy atom. The van der Waals surface area contributed by atoms with E-state index in [-0.39, 0.29) is 28.9 Å². The van der Waals surface area contributed by atoms with Gasteiger partial charge >= 0.3 is 0 Å². The molecule has 0 aliphatic heterocycles. The molecule has 4 heterocycles. The summed E-state index contributed by atoms with van der Waals surface area (Å²) in [6, 6.07) is 2.75. The Bertz CT molecular complexity index is 1700. The van der Waals surface area contributed by atoms with E-state index < -0.39 is 10.0 Å². The molecule has 0 saturated heterocycles. The summed E-state index contributed by atoms with van der Waals surface area (Å²) in [6.07, 6.45) is 5.61. The van der Waals surface area contributed by atoms with Crippen molar-refractivity contribution in [2.45, 2.75) is 70.4 Å². The second-order valence-corrected chi connectivity index (χ2v) is 11.1. The highest BCUT2D eigenvalue weighted by Gasteiger charge is 2.30. The molecule has 3 N–H and O–H groups in total. The summed E-state index contributed by atoms with van der Waals surface area (Å²) >= 11 is 0. The van der Waals surface area contributed by atoms with Crippen molar-refractivity contribution in [3.8, 4) is 11.4 Å². The van der Waals surface area contributed by atoms with E-state index in [4.69, 9.17) is 15.1 Å². The third-order valence-corrected chi connectivity index (χ3v) is 7.66. The number of fused-ring (bicyclic) bond motifs is 1. The first-order valence-corrected chi connectivity index (χ1v) is 14.0. The van der Waals surface area contributed by atoms with Gasteiger partial charge in [0, 0.05) is 18.2 Å². The Morgan fingerprint density at radius 1 is 1.11 bits per heavy atom. The second kappa shape index (κ2) is 9.80. The zero-order chi connectivity index (χ0) is 27.2. The molecule has 0 spiro atoms. The number of aromatic nitrogens is 7. The monoisotopic (exact) mass is 535 g/mol. The molecule has 12 nitrogen and oxygen atoms in total. The number of nitrogens with one attached hydrogen (secondary N) is 1. The Morgan fingerprint density at radius 3 is 2.50 bits per heavy atom. The third-order valence-electron chi connectivity index (χ3n) is 6.76. The van der Waals surface area contributed by atoms with E-state index in [1.807, 2.05) is 27.7 Å². The van der Waals surface area contributed by atoms with Gasteiger partial charge in [-0.2, -0.15) is 0 Å². The Labute approximate surface area is 219 Å². The topological polar surface area (TPSA) is 172 Å². The number of rotatable bonds is 8. The van der Waals surface area contributed by atoms with Crippen LogP contribution in [0.4, 0.5) is 5.82 Å². The SMILES string of the molecule is CC[C@H](C)n1c(=O)c(NCc2ccc(S(N)(=O)=O)cn2)nc2c(C)nc(-c3c(C)ncnc3C3CC3)nc21. The molecule has 0 aromatic carbocycles. The van der Waals surface area contributed by atoms with E-state index in [9.17, 15) is 13.2 Å². The van der Waals surface area contributed by atoms with Gasteiger partial charge in [-0.05, 0) is 52.2 Å². The zero-order valence-electron chi connectivity index (χ0n) is 21.6. The number of primary sulfonamides is 1. The van der Waals surface area contributed by atoms with Crippen LogP contribution < -0.4 is 16.0 Å². The van der Waals surface area contributed by atoms with Crippen LogP contribution in [0.5, 0.6) is 0 Å². The van der Waals surface area contributed by atoms with Gasteiger partial charge in [0.25, 0.3) is 5.56 Å². The van der Waals surface area contributed by atoms with Crippen molar-refractivity contribution < 1.29 is 8.42 Å². The molecular weight excluding hydrogens is 506 g/mol. The number of hydrogen-bond acceptors (Lipinski definition) is 10. The average molecular weight is 536 g/mol. The molecule has 4 aromatic rings. The molecule has 13 heteroatoms. The average Bonchev–Trinajstić information content (AvgIpc) is 3.72. The van der Waals surface area contributed by atoms with Gasteiger partial charge in [-0.25, -0.2) is 38.5 Å². The molecule has 1 atom stereocenters. The molecule has 1 aliphatic rings. The van der Waals surface area contributed by atoms with Crippen LogP contribution in [0.1, 0.15) is 67.8 Å². The minimum Gasteiger partial charge on any atom is -0.360 e. The predicted octanol–water partition coefficient (Wildman–Crippen LogP) is 2.76. The summed E-state index contributed by atoms with van der Waals surface area (Å²) in [7, 11) is -3.84. The highest BCUT2D eigenvalue weighted by molar-refractivity contribution is 7.89. The molecule has 38 heavy (non-hydrogen) atoms. The van der Waals surface area contributed by atoms with Crippen LogP contribution >= 0.6 is 0 Å². The van der Waals surface area contributed by atoms with E-state index in [0.29, 0.717) is 40.7 Å². The molecular formula is C25H29N9O3S. The van der Waals surface area contributed by atoms with E-state index >= 15 is 0 Å². The van der Waals surface area contributed by atoms with Crippen LogP contribution in [0.15, 0.2) is 34.3 Å². The van der Waals surface area contributed by atoms with Gasteiger partial charge < -0.3 is 5.32 Å². The van der Waals surface area contributed by atoms with Gasteiger partial charge in [-0.15, -0.1) is 0 Å². The van der Waals surface area contributed by atoms with Gasteiger partial charge in [0.2, 0.25) is 10.0 Å². The smallest absolute Gasteiger partial charge is 0.295 e. The number of pyridine rings is 1. The normalized spacial score (nSPS) is 14.6. The highest BCUT2D eigenvalue weighted by atomic mass is 32.2. The van der Waals surface area contributed by atoms with Crippen molar-refractivity contribution in [3.63, 3.8) is 0 Å². The van der Waals surface area contributed by atoms with Gasteiger partial charge in [0.05, 0.1) is 34.9 Å². The Balaban J connectivity index is 1.59. The van der Waals surface area contributed by atoms with Crippen molar-refractivity contribution in [3.05, 3.63) is 57.8 Å². The molecule has 1 fully saturated rings. The van der Waals surface area contributed by atoms with Crippen molar-refractivity contribution in [2.24, 2.45) is 5.14 Å². The van der Waals surface area contributed by atoms with Crippen LogP contribution in [-0.4, -0.2) is 42.9 Å². The number of sulfonamides is 1. The number of nitrogens with zero attached hydrogens (tertiary/aromatic N) is 7. The van der Waals surface area contributed by atoms with Crippen LogP contribution in [0, 0.1) is 13.8 Å². The van der Waals surface area contributed by atoms with Gasteiger partial charge in [-0.3, -0.25) is 14.3 Å². The summed E-state index contributed by atoms with van der Waals surface area (Å²) in [5.74, 6) is 1.00. The Kier molecular flexibility index (Phi) is 6.65. The maximum Gasteiger partial charge on any atom is 0.295 e. The molecule has 0 amide bonds. The van der Waals surface area contributed by atoms with Crippen LogP contribution in [0.2, 0.25) is 0 Å². The minimum absolute atomic E-state index is 0.0864. The van der Waals surface area contributed by atoms with Gasteiger partial charge in [0.15, 0.2) is 17.3 Å². The standard InChI is InChI=1S/C25H29N9O3S/c1-5-13(2)34-24-20(15(4)31-22(33-24)19-14(3)29-12-30-21(19)16-6-7-16)32-23(25(34)35)28-10-17-8-9-18(11-27-17)38(26,36)37/h8-9,11-13,16H,5-7,10H2,1-4H3,(H,28,32)(H2,26,36,37)/t13-/m0/s1. The lowest BCUT2D eigenvalue weighted by Crippen LogP contribution is -2.29. The van der Waals surface area contributed by atoms with E-state index in [1.165, 1.54) is 18.3 Å². The summed E-state index contributed by atoms with van der Waals surface area (Å²) in [6.45, 7) is 7.88. The van der Waals surface area contributed by atoms with Crippen LogP contribution in [-0.2, 0) is 16.6 Å². The molecule has 0 bridgehead atoms. The fraction of sp³-hybridized carbons (Fsp3) is 0.400. The van der Waals surface area contributed by atoms with E-state index in [0.717, 1.165) is 29.8 Å². The number of nitrogens with two attached hydrogens (primary N) is 1. The van der Waals surface area contributed by atoms with Crippen molar-refractivity contribution >= 4 is 27.0 Å². The lowest BCUT2D eigenvalue weighted by atomic mass is 10.1. The third kappa shape index (κ3) is 4.86. The summed E-state index contributed by atoms with van der Waals surface area (Å²) in [4.78, 5) is 40.8. The first-order valence-electron chi connectivity index (χ1n) is 12.4. The maximum atomic E-state index is 13.6. The fourth-order valence-corrected chi connectivity index (χ4v) is 4.79. The maximum absolute atomic E-state index is 13.6. The summed E-state index contributed by atoms with van der Waals surface area (Å²) < 4.78 is 24.6. The molecule has 198 valence electrons. The lowest BCUT2D eigenvalue weighted by Gasteiger charge is -2.19. The minimum atomic E-state index is -3.84. The van der Waals surface area contributed by atoms with Gasteiger partial charge in [0.1, 0.15) is 16.7 Å². The van der Waals surface area contributed by atoms with Crippen molar-refractivity contribution in [1.29, 1.82) is 0 Å². The van der Waals surface area contributed by atoms with Gasteiger partial charge in [-0.1, -0.05) is 6.92 Å².